The molecule has 0 saturated carbocycles. The average Bonchev–Trinajstić information content (AvgIpc) is 2.31. The number of nitrogens with one attached hydrogen (secondary N) is 1. The molecule has 1 atom stereocenters. The van der Waals surface area contributed by atoms with E-state index in [1.54, 1.807) is 13.3 Å². The van der Waals surface area contributed by atoms with E-state index in [1.807, 2.05) is 13.0 Å². The number of ether oxygens (including phenoxy) is 1. The van der Waals surface area contributed by atoms with Crippen LogP contribution in [0.15, 0.2) is 24.4 Å². The van der Waals surface area contributed by atoms with Gasteiger partial charge in [0, 0.05) is 11.7 Å². The summed E-state index contributed by atoms with van der Waals surface area (Å²) in [7, 11) is 1.68. The molecule has 1 aliphatic carbocycles. The van der Waals surface area contributed by atoms with Crippen molar-refractivity contribution in [3.05, 3.63) is 30.1 Å². The number of hydrogen-bond donors (Lipinski definition) is 1. The summed E-state index contributed by atoms with van der Waals surface area (Å²) < 4.78 is 5.30. The van der Waals surface area contributed by atoms with Crippen LogP contribution in [-0.4, -0.2) is 18.1 Å². The summed E-state index contributed by atoms with van der Waals surface area (Å²) in [5, 5.41) is 3.52. The van der Waals surface area contributed by atoms with Crippen LogP contribution in [-0.2, 0) is 0 Å². The first-order valence-electron chi connectivity index (χ1n) is 5.72. The topological polar surface area (TPSA) is 34.1 Å². The Bertz CT molecular complexity index is 388. The molecule has 3 nitrogen and oxygen atoms in total. The second-order valence-electron chi connectivity index (χ2n) is 4.15. The normalized spacial score (nSPS) is 19.5. The predicted molar refractivity (Wildman–Crippen MR) is 65.9 cm³/mol. The van der Waals surface area contributed by atoms with E-state index in [0.29, 0.717) is 6.04 Å². The van der Waals surface area contributed by atoms with Crippen LogP contribution in [0.4, 0.5) is 5.69 Å². The zero-order valence-electron chi connectivity index (χ0n) is 9.86. The number of allylic oxidation sites excluding steroid dienone is 1. The molecular weight excluding hydrogens is 200 g/mol. The smallest absolute Gasteiger partial charge is 0.160 e. The SMILES string of the molecule is COc1cnc(C)cc1NC1CC=CCC1. The molecule has 0 fully saturated rings. The van der Waals surface area contributed by atoms with E-state index in [2.05, 4.69) is 22.5 Å². The van der Waals surface area contributed by atoms with E-state index in [9.17, 15) is 0 Å². The minimum atomic E-state index is 0.515. The van der Waals surface area contributed by atoms with Gasteiger partial charge in [-0.3, -0.25) is 4.98 Å². The molecule has 1 aliphatic rings. The van der Waals surface area contributed by atoms with Gasteiger partial charge in [-0.2, -0.15) is 0 Å². The summed E-state index contributed by atoms with van der Waals surface area (Å²) in [6.45, 7) is 1.99. The summed E-state index contributed by atoms with van der Waals surface area (Å²) in [6.07, 6.45) is 9.68. The Morgan fingerprint density at radius 3 is 3.00 bits per heavy atom. The van der Waals surface area contributed by atoms with Gasteiger partial charge in [0.2, 0.25) is 0 Å². The molecule has 1 aromatic heterocycles. The lowest BCUT2D eigenvalue weighted by molar-refractivity contribution is 0.413. The molecule has 0 spiro atoms. The highest BCUT2D eigenvalue weighted by Crippen LogP contribution is 2.26. The number of methoxy groups -OCH3 is 1. The molecule has 86 valence electrons. The number of hydrogen-bond acceptors (Lipinski definition) is 3. The molecule has 0 radical (unpaired) electrons. The summed E-state index contributed by atoms with van der Waals surface area (Å²) in [5.74, 6) is 0.820. The summed E-state index contributed by atoms with van der Waals surface area (Å²) >= 11 is 0. The zero-order valence-corrected chi connectivity index (χ0v) is 9.86. The first-order chi connectivity index (χ1) is 7.79. The van der Waals surface area contributed by atoms with Gasteiger partial charge >= 0.3 is 0 Å². The van der Waals surface area contributed by atoms with Gasteiger partial charge in [-0.05, 0) is 32.3 Å². The summed E-state index contributed by atoms with van der Waals surface area (Å²) in [5.41, 5.74) is 2.06. The van der Waals surface area contributed by atoms with Crippen molar-refractivity contribution in [3.8, 4) is 5.75 Å². The number of nitrogens with zero attached hydrogens (tertiary/aromatic N) is 1. The molecule has 0 aliphatic heterocycles. The highest BCUT2D eigenvalue weighted by atomic mass is 16.5. The lowest BCUT2D eigenvalue weighted by Gasteiger charge is -2.22. The van der Waals surface area contributed by atoms with Crippen molar-refractivity contribution in [2.24, 2.45) is 0 Å². The lowest BCUT2D eigenvalue weighted by atomic mass is 10.0. The van der Waals surface area contributed by atoms with Crippen molar-refractivity contribution in [2.75, 3.05) is 12.4 Å². The maximum Gasteiger partial charge on any atom is 0.160 e. The van der Waals surface area contributed by atoms with Gasteiger partial charge in [0.25, 0.3) is 0 Å². The second-order valence-corrected chi connectivity index (χ2v) is 4.15. The third kappa shape index (κ3) is 2.54. The lowest BCUT2D eigenvalue weighted by Crippen LogP contribution is -2.20. The van der Waals surface area contributed by atoms with E-state index < -0.39 is 0 Å². The third-order valence-corrected chi connectivity index (χ3v) is 2.85. The fraction of sp³-hybridized carbons (Fsp3) is 0.462. The molecule has 0 bridgehead atoms. The minimum Gasteiger partial charge on any atom is -0.493 e. The van der Waals surface area contributed by atoms with Crippen molar-refractivity contribution in [1.82, 2.24) is 4.98 Å². The summed E-state index contributed by atoms with van der Waals surface area (Å²) in [4.78, 5) is 4.22. The van der Waals surface area contributed by atoms with Crippen LogP contribution in [0, 0.1) is 6.92 Å². The van der Waals surface area contributed by atoms with Gasteiger partial charge in [-0.15, -0.1) is 0 Å². The van der Waals surface area contributed by atoms with Gasteiger partial charge in [-0.25, -0.2) is 0 Å². The quantitative estimate of drug-likeness (QED) is 0.792. The Morgan fingerprint density at radius 2 is 2.31 bits per heavy atom. The summed E-state index contributed by atoms with van der Waals surface area (Å²) in [6, 6.07) is 2.55. The zero-order chi connectivity index (χ0) is 11.4. The average molecular weight is 218 g/mol. The number of anilines is 1. The Balaban J connectivity index is 2.12. The van der Waals surface area contributed by atoms with Gasteiger partial charge in [0.05, 0.1) is 19.0 Å². The van der Waals surface area contributed by atoms with Crippen LogP contribution in [0.1, 0.15) is 25.0 Å². The molecule has 1 N–H and O–H groups in total. The Kier molecular flexibility index (Phi) is 3.44. The van der Waals surface area contributed by atoms with Crippen molar-refractivity contribution >= 4 is 5.69 Å². The van der Waals surface area contributed by atoms with E-state index in [-0.39, 0.29) is 0 Å². The molecule has 0 saturated heterocycles. The molecule has 1 unspecified atom stereocenters. The highest BCUT2D eigenvalue weighted by molar-refractivity contribution is 5.56. The predicted octanol–water partition coefficient (Wildman–Crippen LogP) is 2.92. The molecule has 1 heterocycles. The maximum atomic E-state index is 5.30. The standard InChI is InChI=1S/C13H18N2O/c1-10-8-12(13(16-2)9-14-10)15-11-6-4-3-5-7-11/h3-4,8-9,11H,5-7H2,1-2H3,(H,14,15). The van der Waals surface area contributed by atoms with Crippen LogP contribution in [0.3, 0.4) is 0 Å². The molecule has 16 heavy (non-hydrogen) atoms. The molecule has 3 heteroatoms. The van der Waals surface area contributed by atoms with Gasteiger partial charge in [0.1, 0.15) is 0 Å². The van der Waals surface area contributed by atoms with Crippen LogP contribution >= 0.6 is 0 Å². The van der Waals surface area contributed by atoms with Crippen molar-refractivity contribution in [3.63, 3.8) is 0 Å². The van der Waals surface area contributed by atoms with Crippen LogP contribution in [0.2, 0.25) is 0 Å². The largest absolute Gasteiger partial charge is 0.493 e. The van der Waals surface area contributed by atoms with Crippen molar-refractivity contribution in [2.45, 2.75) is 32.2 Å². The fourth-order valence-corrected chi connectivity index (χ4v) is 1.97. The monoisotopic (exact) mass is 218 g/mol. The van der Waals surface area contributed by atoms with Crippen LogP contribution < -0.4 is 10.1 Å². The van der Waals surface area contributed by atoms with Gasteiger partial charge in [0.15, 0.2) is 5.75 Å². The number of aromatic nitrogens is 1. The molecule has 1 aromatic rings. The van der Waals surface area contributed by atoms with Gasteiger partial charge < -0.3 is 10.1 Å². The second kappa shape index (κ2) is 5.01. The minimum absolute atomic E-state index is 0.515. The number of pyridine rings is 1. The first kappa shape index (κ1) is 11.0. The molecule has 0 aromatic carbocycles. The first-order valence-corrected chi connectivity index (χ1v) is 5.72. The van der Waals surface area contributed by atoms with E-state index in [0.717, 1.165) is 30.0 Å². The van der Waals surface area contributed by atoms with E-state index >= 15 is 0 Å². The van der Waals surface area contributed by atoms with Crippen molar-refractivity contribution in [1.29, 1.82) is 0 Å². The third-order valence-electron chi connectivity index (χ3n) is 2.85. The molecular formula is C13H18N2O. The number of rotatable bonds is 3. The fourth-order valence-electron chi connectivity index (χ4n) is 1.97. The van der Waals surface area contributed by atoms with Crippen LogP contribution in [0.25, 0.3) is 0 Å². The van der Waals surface area contributed by atoms with Crippen molar-refractivity contribution < 1.29 is 4.74 Å². The highest BCUT2D eigenvalue weighted by Gasteiger charge is 2.12. The maximum absolute atomic E-state index is 5.30. The Hall–Kier alpha value is -1.51. The van der Waals surface area contributed by atoms with E-state index in [1.165, 1.54) is 6.42 Å². The van der Waals surface area contributed by atoms with E-state index in [4.69, 9.17) is 4.74 Å². The Morgan fingerprint density at radius 1 is 1.44 bits per heavy atom. The Labute approximate surface area is 96.5 Å². The molecule has 0 amide bonds. The molecule has 2 rings (SSSR count). The number of aryl methyl sites for hydroxylation is 1. The van der Waals surface area contributed by atoms with Crippen LogP contribution in [0.5, 0.6) is 5.75 Å². The van der Waals surface area contributed by atoms with Gasteiger partial charge in [-0.1, -0.05) is 12.2 Å².